The van der Waals surface area contributed by atoms with Gasteiger partial charge < -0.3 is 9.84 Å². The first-order valence-electron chi connectivity index (χ1n) is 10.8. The van der Waals surface area contributed by atoms with E-state index in [1.165, 1.54) is 36.5 Å². The van der Waals surface area contributed by atoms with Crippen LogP contribution in [0.1, 0.15) is 23.6 Å². The number of carbonyl (C=O) groups excluding carboxylic acids is 1. The van der Waals surface area contributed by atoms with Crippen molar-refractivity contribution in [3.05, 3.63) is 89.2 Å². The fourth-order valence-electron chi connectivity index (χ4n) is 3.19. The molecule has 0 fully saturated rings. The number of para-hydroxylation sites is 1. The molecule has 10 heteroatoms. The highest BCUT2D eigenvalue weighted by Gasteiger charge is 2.27. The summed E-state index contributed by atoms with van der Waals surface area (Å²) in [4.78, 5) is 12.6. The molecule has 0 unspecified atom stereocenters. The summed E-state index contributed by atoms with van der Waals surface area (Å²) in [5, 5.41) is 14.0. The Kier molecular flexibility index (Phi) is 8.56. The average molecular weight is 500 g/mol. The number of hydrogen-bond donors (Lipinski definition) is 2. The Morgan fingerprint density at radius 3 is 2.51 bits per heavy atom. The van der Waals surface area contributed by atoms with Crippen LogP contribution in [0.4, 0.5) is 4.39 Å². The zero-order valence-corrected chi connectivity index (χ0v) is 20.1. The van der Waals surface area contributed by atoms with Crippen molar-refractivity contribution in [3.63, 3.8) is 0 Å². The van der Waals surface area contributed by atoms with E-state index in [0.717, 1.165) is 9.87 Å². The van der Waals surface area contributed by atoms with E-state index < -0.39 is 28.3 Å². The van der Waals surface area contributed by atoms with Gasteiger partial charge in [-0.3, -0.25) is 4.79 Å². The van der Waals surface area contributed by atoms with Crippen molar-refractivity contribution in [1.82, 2.24) is 9.73 Å². The standard InChI is InChI=1S/C25H26FN3O5S/c1-3-34-23-10-6-8-19(25(23)31)15-27-28-24(30)17-29(16-20-7-4-5-9-22(20)26)35(32,33)21-13-11-18(2)12-14-21/h4-15,31H,3,16-17H2,1-2H3,(H,28,30)/b27-15-. The molecule has 0 spiro atoms. The minimum atomic E-state index is -4.13. The van der Waals surface area contributed by atoms with E-state index in [1.54, 1.807) is 43.3 Å². The summed E-state index contributed by atoms with van der Waals surface area (Å²) in [5.41, 5.74) is 3.54. The highest BCUT2D eigenvalue weighted by atomic mass is 32.2. The van der Waals surface area contributed by atoms with Crippen LogP contribution in [0.2, 0.25) is 0 Å². The molecule has 0 atom stereocenters. The van der Waals surface area contributed by atoms with E-state index in [-0.39, 0.29) is 28.5 Å². The zero-order valence-electron chi connectivity index (χ0n) is 19.3. The molecule has 0 heterocycles. The number of benzene rings is 3. The van der Waals surface area contributed by atoms with Crippen LogP contribution in [0.15, 0.2) is 76.7 Å². The normalized spacial score (nSPS) is 11.7. The quantitative estimate of drug-likeness (QED) is 0.328. The van der Waals surface area contributed by atoms with Crippen LogP contribution in [0.25, 0.3) is 0 Å². The fourth-order valence-corrected chi connectivity index (χ4v) is 4.56. The lowest BCUT2D eigenvalue weighted by atomic mass is 10.2. The molecule has 0 bridgehead atoms. The first kappa shape index (κ1) is 25.9. The number of aryl methyl sites for hydroxylation is 1. The molecule has 1 amide bonds. The number of ether oxygens (including phenoxy) is 1. The van der Waals surface area contributed by atoms with Gasteiger partial charge in [0, 0.05) is 17.7 Å². The Labute approximate surface area is 203 Å². The van der Waals surface area contributed by atoms with Crippen molar-refractivity contribution in [3.8, 4) is 11.5 Å². The van der Waals surface area contributed by atoms with Crippen molar-refractivity contribution < 1.29 is 27.4 Å². The van der Waals surface area contributed by atoms with Gasteiger partial charge >= 0.3 is 0 Å². The van der Waals surface area contributed by atoms with Gasteiger partial charge in [-0.05, 0) is 44.2 Å². The molecule has 0 aromatic heterocycles. The van der Waals surface area contributed by atoms with E-state index in [1.807, 2.05) is 6.92 Å². The van der Waals surface area contributed by atoms with Crippen LogP contribution < -0.4 is 10.2 Å². The Bertz CT molecular complexity index is 1310. The molecule has 35 heavy (non-hydrogen) atoms. The average Bonchev–Trinajstić information content (AvgIpc) is 2.82. The Morgan fingerprint density at radius 2 is 1.83 bits per heavy atom. The van der Waals surface area contributed by atoms with E-state index in [2.05, 4.69) is 10.5 Å². The number of phenols is 1. The predicted octanol–water partition coefficient (Wildman–Crippen LogP) is 3.58. The second-order valence-electron chi connectivity index (χ2n) is 7.60. The highest BCUT2D eigenvalue weighted by Crippen LogP contribution is 2.28. The van der Waals surface area contributed by atoms with E-state index in [4.69, 9.17) is 4.74 Å². The first-order valence-corrected chi connectivity index (χ1v) is 12.2. The van der Waals surface area contributed by atoms with Gasteiger partial charge in [-0.15, -0.1) is 0 Å². The molecular formula is C25H26FN3O5S. The lowest BCUT2D eigenvalue weighted by Gasteiger charge is -2.22. The lowest BCUT2D eigenvalue weighted by Crippen LogP contribution is -2.39. The number of hydrazone groups is 1. The molecule has 0 aliphatic rings. The van der Waals surface area contributed by atoms with E-state index in [9.17, 15) is 22.7 Å². The largest absolute Gasteiger partial charge is 0.504 e. The SMILES string of the molecule is CCOc1cccc(/C=N\NC(=O)CN(Cc2ccccc2F)S(=O)(=O)c2ccc(C)cc2)c1O. The molecule has 3 aromatic carbocycles. The molecule has 0 radical (unpaired) electrons. The molecule has 0 saturated heterocycles. The molecule has 184 valence electrons. The highest BCUT2D eigenvalue weighted by molar-refractivity contribution is 7.89. The third-order valence-electron chi connectivity index (χ3n) is 5.01. The molecule has 0 aliphatic heterocycles. The topological polar surface area (TPSA) is 108 Å². The zero-order chi connectivity index (χ0) is 25.4. The third-order valence-corrected chi connectivity index (χ3v) is 6.81. The van der Waals surface area contributed by atoms with Gasteiger partial charge in [-0.1, -0.05) is 42.0 Å². The van der Waals surface area contributed by atoms with Crippen molar-refractivity contribution in [2.75, 3.05) is 13.2 Å². The molecular weight excluding hydrogens is 473 g/mol. The predicted molar refractivity (Wildman–Crippen MR) is 130 cm³/mol. The smallest absolute Gasteiger partial charge is 0.255 e. The maximum Gasteiger partial charge on any atom is 0.255 e. The van der Waals surface area contributed by atoms with Crippen molar-refractivity contribution in [2.45, 2.75) is 25.3 Å². The van der Waals surface area contributed by atoms with E-state index in [0.29, 0.717) is 12.2 Å². The molecule has 0 saturated carbocycles. The van der Waals surface area contributed by atoms with E-state index >= 15 is 0 Å². The van der Waals surface area contributed by atoms with Crippen LogP contribution in [0.5, 0.6) is 11.5 Å². The fraction of sp³-hybridized carbons (Fsp3) is 0.200. The van der Waals surface area contributed by atoms with Gasteiger partial charge in [-0.25, -0.2) is 18.2 Å². The summed E-state index contributed by atoms with van der Waals surface area (Å²) in [5.74, 6) is -1.20. The van der Waals surface area contributed by atoms with Crippen molar-refractivity contribution >= 4 is 22.1 Å². The molecule has 3 aromatic rings. The van der Waals surface area contributed by atoms with Gasteiger partial charge in [0.15, 0.2) is 11.5 Å². The Hall–Kier alpha value is -3.76. The number of hydrogen-bond acceptors (Lipinski definition) is 6. The van der Waals surface area contributed by atoms with Gasteiger partial charge in [0.25, 0.3) is 5.91 Å². The van der Waals surface area contributed by atoms with Crippen molar-refractivity contribution in [2.24, 2.45) is 5.10 Å². The molecule has 0 aliphatic carbocycles. The molecule has 8 nitrogen and oxygen atoms in total. The maximum atomic E-state index is 14.3. The van der Waals surface area contributed by atoms with Crippen molar-refractivity contribution in [1.29, 1.82) is 0 Å². The monoisotopic (exact) mass is 499 g/mol. The summed E-state index contributed by atoms with van der Waals surface area (Å²) >= 11 is 0. The van der Waals surface area contributed by atoms with Gasteiger partial charge in [0.2, 0.25) is 10.0 Å². The van der Waals surface area contributed by atoms with Crippen LogP contribution in [-0.4, -0.2) is 43.1 Å². The minimum absolute atomic E-state index is 0.0200. The van der Waals surface area contributed by atoms with Crippen LogP contribution in [0, 0.1) is 12.7 Å². The minimum Gasteiger partial charge on any atom is -0.504 e. The van der Waals surface area contributed by atoms with Crippen LogP contribution >= 0.6 is 0 Å². The van der Waals surface area contributed by atoms with Crippen LogP contribution in [-0.2, 0) is 21.4 Å². The molecule has 2 N–H and O–H groups in total. The van der Waals surface area contributed by atoms with Gasteiger partial charge in [0.05, 0.1) is 24.3 Å². The Morgan fingerprint density at radius 1 is 1.11 bits per heavy atom. The number of nitrogens with one attached hydrogen (secondary N) is 1. The number of aromatic hydroxyl groups is 1. The second kappa shape index (κ2) is 11.6. The lowest BCUT2D eigenvalue weighted by molar-refractivity contribution is -0.121. The number of carbonyl (C=O) groups is 1. The maximum absolute atomic E-state index is 14.3. The number of phenolic OH excluding ortho intramolecular Hbond substituents is 1. The Balaban J connectivity index is 1.80. The second-order valence-corrected chi connectivity index (χ2v) is 9.54. The van der Waals surface area contributed by atoms with Crippen LogP contribution in [0.3, 0.4) is 0 Å². The number of nitrogens with zero attached hydrogens (tertiary/aromatic N) is 2. The summed E-state index contributed by atoms with van der Waals surface area (Å²) in [7, 11) is -4.13. The number of sulfonamides is 1. The third kappa shape index (κ3) is 6.65. The summed E-state index contributed by atoms with van der Waals surface area (Å²) in [6, 6.07) is 16.7. The van der Waals surface area contributed by atoms with Gasteiger partial charge in [-0.2, -0.15) is 9.41 Å². The number of amides is 1. The summed E-state index contributed by atoms with van der Waals surface area (Å²) in [6.07, 6.45) is 1.21. The summed E-state index contributed by atoms with van der Waals surface area (Å²) < 4.78 is 47.0. The molecule has 3 rings (SSSR count). The number of rotatable bonds is 10. The summed E-state index contributed by atoms with van der Waals surface area (Å²) in [6.45, 7) is 3.00. The number of halogens is 1. The first-order chi connectivity index (χ1) is 16.7. The van der Waals surface area contributed by atoms with Gasteiger partial charge in [0.1, 0.15) is 5.82 Å².